The van der Waals surface area contributed by atoms with Crippen molar-refractivity contribution in [1.82, 2.24) is 0 Å². The molecule has 0 aliphatic heterocycles. The fourth-order valence-corrected chi connectivity index (χ4v) is 2.62. The Bertz CT molecular complexity index is 412. The van der Waals surface area contributed by atoms with Gasteiger partial charge in [-0.1, -0.05) is 18.5 Å². The van der Waals surface area contributed by atoms with Crippen molar-refractivity contribution in [1.29, 1.82) is 0 Å². The van der Waals surface area contributed by atoms with E-state index in [9.17, 15) is 4.79 Å². The highest BCUT2D eigenvalue weighted by atomic mass is 127. The van der Waals surface area contributed by atoms with Crippen molar-refractivity contribution in [3.63, 3.8) is 0 Å². The summed E-state index contributed by atoms with van der Waals surface area (Å²) in [5, 5.41) is 3.57. The van der Waals surface area contributed by atoms with Crippen LogP contribution >= 0.6 is 34.2 Å². The number of amides is 1. The number of hydrogen-bond acceptors (Lipinski definition) is 2. The molecule has 0 heterocycles. The highest BCUT2D eigenvalue weighted by Gasteiger charge is 2.08. The lowest BCUT2D eigenvalue weighted by Crippen LogP contribution is -2.14. The molecule has 1 aromatic rings. The zero-order valence-corrected chi connectivity index (χ0v) is 13.3. The average molecular weight is 381 g/mol. The first-order valence-electron chi connectivity index (χ1n) is 5.98. The third kappa shape index (κ3) is 5.54. The van der Waals surface area contributed by atoms with Crippen molar-refractivity contribution >= 4 is 45.8 Å². The molecule has 3 nitrogen and oxygen atoms in total. The van der Waals surface area contributed by atoms with Crippen LogP contribution in [0, 0.1) is 9.49 Å². The second-order valence-electron chi connectivity index (χ2n) is 4.39. The first-order chi connectivity index (χ1) is 8.52. The van der Waals surface area contributed by atoms with E-state index in [1.807, 2.05) is 12.1 Å². The Morgan fingerprint density at radius 2 is 2.22 bits per heavy atom. The number of rotatable bonds is 6. The SMILES string of the molecule is CC(CCN)CCC(=O)Nc1ccc(Cl)cc1I. The van der Waals surface area contributed by atoms with Gasteiger partial charge in [-0.05, 0) is 66.1 Å². The zero-order chi connectivity index (χ0) is 13.5. The molecule has 18 heavy (non-hydrogen) atoms. The molecule has 0 saturated carbocycles. The fourth-order valence-electron chi connectivity index (χ4n) is 1.61. The van der Waals surface area contributed by atoms with Crippen LogP contribution in [0.4, 0.5) is 5.69 Å². The van der Waals surface area contributed by atoms with Gasteiger partial charge in [-0.3, -0.25) is 4.79 Å². The molecule has 1 rings (SSSR count). The topological polar surface area (TPSA) is 55.1 Å². The monoisotopic (exact) mass is 380 g/mol. The van der Waals surface area contributed by atoms with Gasteiger partial charge in [0.15, 0.2) is 0 Å². The molecule has 0 aromatic heterocycles. The number of anilines is 1. The molecule has 0 spiro atoms. The van der Waals surface area contributed by atoms with E-state index in [1.165, 1.54) is 0 Å². The van der Waals surface area contributed by atoms with Gasteiger partial charge in [0.25, 0.3) is 0 Å². The number of benzene rings is 1. The number of carbonyl (C=O) groups excluding carboxylic acids is 1. The van der Waals surface area contributed by atoms with Crippen LogP contribution in [-0.4, -0.2) is 12.5 Å². The van der Waals surface area contributed by atoms with E-state index in [0.29, 0.717) is 23.9 Å². The molecular formula is C13H18ClIN2O. The first-order valence-corrected chi connectivity index (χ1v) is 7.43. The summed E-state index contributed by atoms with van der Waals surface area (Å²) < 4.78 is 0.948. The second-order valence-corrected chi connectivity index (χ2v) is 5.99. The molecule has 100 valence electrons. The van der Waals surface area contributed by atoms with Crippen molar-refractivity contribution in [2.75, 3.05) is 11.9 Å². The Kier molecular flexibility index (Phi) is 6.96. The molecule has 5 heteroatoms. The Morgan fingerprint density at radius 1 is 1.50 bits per heavy atom. The number of halogens is 2. The smallest absolute Gasteiger partial charge is 0.224 e. The normalized spacial score (nSPS) is 12.2. The van der Waals surface area contributed by atoms with Gasteiger partial charge in [0.1, 0.15) is 0 Å². The molecule has 0 bridgehead atoms. The number of nitrogens with one attached hydrogen (secondary N) is 1. The summed E-state index contributed by atoms with van der Waals surface area (Å²) in [5.41, 5.74) is 6.30. The fraction of sp³-hybridized carbons (Fsp3) is 0.462. The van der Waals surface area contributed by atoms with E-state index in [-0.39, 0.29) is 5.91 Å². The van der Waals surface area contributed by atoms with Crippen LogP contribution in [0.25, 0.3) is 0 Å². The minimum atomic E-state index is 0.0408. The van der Waals surface area contributed by atoms with E-state index in [0.717, 1.165) is 22.1 Å². The predicted molar refractivity (Wildman–Crippen MR) is 84.9 cm³/mol. The average Bonchev–Trinajstić information content (AvgIpc) is 2.31. The lowest BCUT2D eigenvalue weighted by molar-refractivity contribution is -0.116. The zero-order valence-electron chi connectivity index (χ0n) is 10.4. The van der Waals surface area contributed by atoms with Gasteiger partial charge in [-0.2, -0.15) is 0 Å². The van der Waals surface area contributed by atoms with Gasteiger partial charge < -0.3 is 11.1 Å². The number of hydrogen-bond donors (Lipinski definition) is 2. The van der Waals surface area contributed by atoms with Crippen molar-refractivity contribution in [3.05, 3.63) is 26.8 Å². The van der Waals surface area contributed by atoms with Gasteiger partial charge in [0.05, 0.1) is 5.69 Å². The van der Waals surface area contributed by atoms with Crippen LogP contribution in [0.3, 0.4) is 0 Å². The van der Waals surface area contributed by atoms with Crippen molar-refractivity contribution < 1.29 is 4.79 Å². The minimum Gasteiger partial charge on any atom is -0.330 e. The maximum atomic E-state index is 11.8. The molecule has 1 atom stereocenters. The summed E-state index contributed by atoms with van der Waals surface area (Å²) in [5.74, 6) is 0.532. The highest BCUT2D eigenvalue weighted by molar-refractivity contribution is 14.1. The Morgan fingerprint density at radius 3 is 2.83 bits per heavy atom. The quantitative estimate of drug-likeness (QED) is 0.740. The minimum absolute atomic E-state index is 0.0408. The summed E-state index contributed by atoms with van der Waals surface area (Å²) in [6.07, 6.45) is 2.36. The van der Waals surface area contributed by atoms with Gasteiger partial charge in [-0.25, -0.2) is 0 Å². The third-order valence-corrected chi connectivity index (χ3v) is 3.86. The second kappa shape index (κ2) is 7.96. The largest absolute Gasteiger partial charge is 0.330 e. The van der Waals surface area contributed by atoms with E-state index in [4.69, 9.17) is 17.3 Å². The van der Waals surface area contributed by atoms with Gasteiger partial charge in [0, 0.05) is 15.0 Å². The van der Waals surface area contributed by atoms with E-state index >= 15 is 0 Å². The van der Waals surface area contributed by atoms with Crippen LogP contribution in [0.1, 0.15) is 26.2 Å². The van der Waals surface area contributed by atoms with Crippen LogP contribution in [0.2, 0.25) is 5.02 Å². The van der Waals surface area contributed by atoms with Crippen molar-refractivity contribution in [3.8, 4) is 0 Å². The lowest BCUT2D eigenvalue weighted by atomic mass is 10.0. The van der Waals surface area contributed by atoms with Gasteiger partial charge >= 0.3 is 0 Å². The lowest BCUT2D eigenvalue weighted by Gasteiger charge is -2.11. The highest BCUT2D eigenvalue weighted by Crippen LogP contribution is 2.22. The maximum absolute atomic E-state index is 11.8. The van der Waals surface area contributed by atoms with Crippen LogP contribution in [-0.2, 0) is 4.79 Å². The van der Waals surface area contributed by atoms with Crippen LogP contribution < -0.4 is 11.1 Å². The molecular weight excluding hydrogens is 363 g/mol. The first kappa shape index (κ1) is 15.7. The summed E-state index contributed by atoms with van der Waals surface area (Å²) >= 11 is 8.02. The molecule has 1 unspecified atom stereocenters. The van der Waals surface area contributed by atoms with Crippen LogP contribution in [0.5, 0.6) is 0 Å². The number of carbonyl (C=O) groups is 1. The molecule has 3 N–H and O–H groups in total. The molecule has 1 amide bonds. The maximum Gasteiger partial charge on any atom is 0.224 e. The summed E-state index contributed by atoms with van der Waals surface area (Å²) in [6, 6.07) is 5.43. The summed E-state index contributed by atoms with van der Waals surface area (Å²) in [6.45, 7) is 2.80. The Hall–Kier alpha value is -0.330. The Balaban J connectivity index is 2.44. The van der Waals surface area contributed by atoms with Gasteiger partial charge in [-0.15, -0.1) is 0 Å². The summed E-state index contributed by atoms with van der Waals surface area (Å²) in [4.78, 5) is 11.8. The standard InChI is InChI=1S/C13H18ClIN2O/c1-9(6-7-16)2-5-13(18)17-12-4-3-10(14)8-11(12)15/h3-4,8-9H,2,5-7,16H2,1H3,(H,17,18). The molecule has 0 fully saturated rings. The molecule has 0 saturated heterocycles. The van der Waals surface area contributed by atoms with E-state index in [2.05, 4.69) is 34.8 Å². The Labute approximate surface area is 127 Å². The molecule has 0 radical (unpaired) electrons. The molecule has 1 aromatic carbocycles. The molecule has 0 aliphatic carbocycles. The third-order valence-electron chi connectivity index (χ3n) is 2.73. The van der Waals surface area contributed by atoms with E-state index in [1.54, 1.807) is 6.07 Å². The molecule has 0 aliphatic rings. The van der Waals surface area contributed by atoms with Crippen molar-refractivity contribution in [2.24, 2.45) is 11.7 Å². The van der Waals surface area contributed by atoms with Crippen molar-refractivity contribution in [2.45, 2.75) is 26.2 Å². The van der Waals surface area contributed by atoms with Gasteiger partial charge in [0.2, 0.25) is 5.91 Å². The summed E-state index contributed by atoms with van der Waals surface area (Å²) in [7, 11) is 0. The number of nitrogens with two attached hydrogens (primary N) is 1. The van der Waals surface area contributed by atoms with Crippen LogP contribution in [0.15, 0.2) is 18.2 Å². The predicted octanol–water partition coefficient (Wildman–Crippen LogP) is 3.65. The van der Waals surface area contributed by atoms with E-state index < -0.39 is 0 Å².